The Hall–Kier alpha value is -1.71. The summed E-state index contributed by atoms with van der Waals surface area (Å²) in [5.74, 6) is -0.543. The number of rotatable bonds is 3. The van der Waals surface area contributed by atoms with Gasteiger partial charge in [0.15, 0.2) is 5.78 Å². The zero-order chi connectivity index (χ0) is 12.4. The number of methoxy groups -OCH3 is 1. The summed E-state index contributed by atoms with van der Waals surface area (Å²) in [7, 11) is 1.43. The van der Waals surface area contributed by atoms with Crippen molar-refractivity contribution in [3.8, 4) is 5.75 Å². The Morgan fingerprint density at radius 3 is 2.82 bits per heavy atom. The molecule has 3 nitrogen and oxygen atoms in total. The van der Waals surface area contributed by atoms with E-state index in [0.29, 0.717) is 18.6 Å². The Kier molecular flexibility index (Phi) is 3.22. The fraction of sp³-hybridized carbons (Fsp3) is 0.385. The maximum atomic E-state index is 13.1. The second kappa shape index (κ2) is 4.65. The average Bonchev–Trinajstić information content (AvgIpc) is 2.75. The Morgan fingerprint density at radius 1 is 1.47 bits per heavy atom. The molecular formula is C13H13FO3. The predicted octanol–water partition coefficient (Wildman–Crippen LogP) is 2.39. The highest BCUT2D eigenvalue weighted by atomic mass is 19.1. The summed E-state index contributed by atoms with van der Waals surface area (Å²) in [4.78, 5) is 23.3. The van der Waals surface area contributed by atoms with E-state index in [1.165, 1.54) is 25.3 Å². The van der Waals surface area contributed by atoms with Gasteiger partial charge in [0.25, 0.3) is 0 Å². The zero-order valence-electron chi connectivity index (χ0n) is 9.53. The number of carbonyl (C=O) groups excluding carboxylic acids is 2. The predicted molar refractivity (Wildman–Crippen MR) is 59.6 cm³/mol. The number of carbonyl (C=O) groups is 2. The molecule has 2 rings (SSSR count). The number of hydrogen-bond acceptors (Lipinski definition) is 3. The third-order valence-electron chi connectivity index (χ3n) is 3.04. The van der Waals surface area contributed by atoms with Crippen LogP contribution in [-0.4, -0.2) is 18.7 Å². The molecule has 1 aromatic rings. The third-order valence-corrected chi connectivity index (χ3v) is 3.04. The standard InChI is InChI=1S/C13H13FO3/c1-17-12-5-3-9(14)7-11(12)13(16)8-2-4-10(15)6-8/h3,5,7-8H,2,4,6H2,1H3. The Balaban J connectivity index is 2.29. The van der Waals surface area contributed by atoms with Crippen molar-refractivity contribution in [1.82, 2.24) is 0 Å². The van der Waals surface area contributed by atoms with E-state index in [1.54, 1.807) is 0 Å². The molecule has 0 saturated heterocycles. The van der Waals surface area contributed by atoms with E-state index in [4.69, 9.17) is 4.74 Å². The van der Waals surface area contributed by atoms with Gasteiger partial charge >= 0.3 is 0 Å². The molecule has 0 aromatic heterocycles. The zero-order valence-corrected chi connectivity index (χ0v) is 9.53. The summed E-state index contributed by atoms with van der Waals surface area (Å²) in [6.07, 6.45) is 1.25. The fourth-order valence-corrected chi connectivity index (χ4v) is 2.13. The second-order valence-electron chi connectivity index (χ2n) is 4.19. The molecule has 1 aliphatic rings. The van der Waals surface area contributed by atoms with Gasteiger partial charge < -0.3 is 4.74 Å². The first-order valence-electron chi connectivity index (χ1n) is 5.51. The molecule has 1 saturated carbocycles. The largest absolute Gasteiger partial charge is 0.496 e. The van der Waals surface area contributed by atoms with E-state index < -0.39 is 5.82 Å². The van der Waals surface area contributed by atoms with Crippen LogP contribution in [-0.2, 0) is 4.79 Å². The average molecular weight is 236 g/mol. The van der Waals surface area contributed by atoms with Crippen molar-refractivity contribution in [2.75, 3.05) is 7.11 Å². The SMILES string of the molecule is COc1ccc(F)cc1C(=O)C1CCC(=O)C1. The van der Waals surface area contributed by atoms with Crippen molar-refractivity contribution in [3.05, 3.63) is 29.6 Å². The van der Waals surface area contributed by atoms with Crippen LogP contribution in [0.15, 0.2) is 18.2 Å². The lowest BCUT2D eigenvalue weighted by atomic mass is 9.95. The first kappa shape index (κ1) is 11.8. The van der Waals surface area contributed by atoms with Crippen LogP contribution < -0.4 is 4.74 Å². The molecule has 0 spiro atoms. The van der Waals surface area contributed by atoms with Crippen LogP contribution in [0.1, 0.15) is 29.6 Å². The lowest BCUT2D eigenvalue weighted by Crippen LogP contribution is -2.13. The molecule has 1 aromatic carbocycles. The number of ether oxygens (including phenoxy) is 1. The molecule has 0 N–H and O–H groups in total. The third kappa shape index (κ3) is 2.35. The number of hydrogen-bond donors (Lipinski definition) is 0. The highest BCUT2D eigenvalue weighted by molar-refractivity contribution is 6.03. The van der Waals surface area contributed by atoms with Gasteiger partial charge in [0.2, 0.25) is 0 Å². The molecule has 1 unspecified atom stereocenters. The number of ketones is 2. The van der Waals surface area contributed by atoms with Crippen molar-refractivity contribution in [3.63, 3.8) is 0 Å². The molecule has 1 atom stereocenters. The van der Waals surface area contributed by atoms with Gasteiger partial charge in [0, 0.05) is 18.8 Å². The summed E-state index contributed by atoms with van der Waals surface area (Å²) in [6.45, 7) is 0. The van der Waals surface area contributed by atoms with E-state index in [0.717, 1.165) is 0 Å². The van der Waals surface area contributed by atoms with Crippen LogP contribution in [0.4, 0.5) is 4.39 Å². The minimum Gasteiger partial charge on any atom is -0.496 e. The van der Waals surface area contributed by atoms with E-state index in [-0.39, 0.29) is 29.5 Å². The maximum Gasteiger partial charge on any atom is 0.170 e. The number of benzene rings is 1. The van der Waals surface area contributed by atoms with Gasteiger partial charge in [-0.25, -0.2) is 4.39 Å². The van der Waals surface area contributed by atoms with Gasteiger partial charge in [-0.3, -0.25) is 9.59 Å². The Labute approximate surface area is 98.6 Å². The summed E-state index contributed by atoms with van der Waals surface area (Å²) in [5, 5.41) is 0. The Morgan fingerprint density at radius 2 is 2.24 bits per heavy atom. The van der Waals surface area contributed by atoms with E-state index >= 15 is 0 Å². The van der Waals surface area contributed by atoms with Crippen LogP contribution in [0.3, 0.4) is 0 Å². The van der Waals surface area contributed by atoms with E-state index in [2.05, 4.69) is 0 Å². The van der Waals surface area contributed by atoms with Gasteiger partial charge in [-0.1, -0.05) is 0 Å². The molecule has 90 valence electrons. The molecule has 0 heterocycles. The van der Waals surface area contributed by atoms with E-state index in [9.17, 15) is 14.0 Å². The van der Waals surface area contributed by atoms with Gasteiger partial charge in [0.05, 0.1) is 12.7 Å². The van der Waals surface area contributed by atoms with Gasteiger partial charge in [-0.15, -0.1) is 0 Å². The van der Waals surface area contributed by atoms with Crippen molar-refractivity contribution in [2.24, 2.45) is 5.92 Å². The molecule has 0 amide bonds. The van der Waals surface area contributed by atoms with Crippen molar-refractivity contribution >= 4 is 11.6 Å². The molecular weight excluding hydrogens is 223 g/mol. The summed E-state index contributed by atoms with van der Waals surface area (Å²) < 4.78 is 18.2. The normalized spacial score (nSPS) is 19.4. The fourth-order valence-electron chi connectivity index (χ4n) is 2.13. The molecule has 0 bridgehead atoms. The van der Waals surface area contributed by atoms with Gasteiger partial charge in [-0.2, -0.15) is 0 Å². The second-order valence-corrected chi connectivity index (χ2v) is 4.19. The van der Waals surface area contributed by atoms with Crippen LogP contribution >= 0.6 is 0 Å². The monoisotopic (exact) mass is 236 g/mol. The summed E-state index contributed by atoms with van der Waals surface area (Å²) in [6, 6.07) is 3.85. The highest BCUT2D eigenvalue weighted by Gasteiger charge is 2.30. The van der Waals surface area contributed by atoms with Gasteiger partial charge in [0.1, 0.15) is 17.3 Å². The molecule has 4 heteroatoms. The van der Waals surface area contributed by atoms with Crippen LogP contribution in [0.2, 0.25) is 0 Å². The van der Waals surface area contributed by atoms with Crippen LogP contribution in [0.5, 0.6) is 5.75 Å². The molecule has 1 fully saturated rings. The Bertz CT molecular complexity index is 468. The maximum absolute atomic E-state index is 13.1. The van der Waals surface area contributed by atoms with Crippen LogP contribution in [0, 0.1) is 11.7 Å². The van der Waals surface area contributed by atoms with Gasteiger partial charge in [-0.05, 0) is 24.6 Å². The summed E-state index contributed by atoms with van der Waals surface area (Å²) >= 11 is 0. The topological polar surface area (TPSA) is 43.4 Å². The molecule has 1 aliphatic carbocycles. The highest BCUT2D eigenvalue weighted by Crippen LogP contribution is 2.29. The smallest absolute Gasteiger partial charge is 0.170 e. The minimum absolute atomic E-state index is 0.0960. The lowest BCUT2D eigenvalue weighted by Gasteiger charge is -2.11. The first-order chi connectivity index (χ1) is 8.11. The van der Waals surface area contributed by atoms with Crippen molar-refractivity contribution in [2.45, 2.75) is 19.3 Å². The first-order valence-corrected chi connectivity index (χ1v) is 5.51. The minimum atomic E-state index is -0.474. The van der Waals surface area contributed by atoms with E-state index in [1.807, 2.05) is 0 Å². The molecule has 0 aliphatic heterocycles. The molecule has 0 radical (unpaired) electrons. The number of Topliss-reactive ketones (excluding diaryl/α,β-unsaturated/α-hetero) is 2. The van der Waals surface area contributed by atoms with Crippen molar-refractivity contribution < 1.29 is 18.7 Å². The number of halogens is 1. The molecule has 17 heavy (non-hydrogen) atoms. The lowest BCUT2D eigenvalue weighted by molar-refractivity contribution is -0.117. The quantitative estimate of drug-likeness (QED) is 0.757. The van der Waals surface area contributed by atoms with Crippen molar-refractivity contribution in [1.29, 1.82) is 0 Å². The summed E-state index contributed by atoms with van der Waals surface area (Å²) in [5.41, 5.74) is 0.229. The van der Waals surface area contributed by atoms with Crippen LogP contribution in [0.25, 0.3) is 0 Å².